The van der Waals surface area contributed by atoms with Gasteiger partial charge >= 0.3 is 0 Å². The molecule has 0 saturated carbocycles. The third-order valence-corrected chi connectivity index (χ3v) is 3.24. The lowest BCUT2D eigenvalue weighted by Gasteiger charge is -2.34. The average molecular weight is 223 g/mol. The van der Waals surface area contributed by atoms with E-state index in [4.69, 9.17) is 11.6 Å². The van der Waals surface area contributed by atoms with Crippen LogP contribution in [0, 0.1) is 0 Å². The molecule has 2 nitrogen and oxygen atoms in total. The zero-order valence-electron chi connectivity index (χ0n) is 8.34. The molecule has 1 saturated heterocycles. The van der Waals surface area contributed by atoms with Gasteiger partial charge in [-0.15, -0.1) is 11.6 Å². The fraction of sp³-hybridized carbons (Fsp3) is 1.00. The molecule has 0 N–H and O–H groups in total. The predicted molar refractivity (Wildman–Crippen MR) is 62.0 cm³/mol. The van der Waals surface area contributed by atoms with Gasteiger partial charge in [-0.2, -0.15) is 11.8 Å². The Labute approximate surface area is 90.6 Å². The number of piperazine rings is 1. The number of halogens is 1. The molecular weight excluding hydrogens is 204 g/mol. The molecule has 0 unspecified atom stereocenters. The fourth-order valence-electron chi connectivity index (χ4n) is 1.58. The normalized spacial score (nSPS) is 20.8. The van der Waals surface area contributed by atoms with E-state index in [2.05, 4.69) is 16.1 Å². The molecule has 0 spiro atoms. The summed E-state index contributed by atoms with van der Waals surface area (Å²) >= 11 is 7.63. The summed E-state index contributed by atoms with van der Waals surface area (Å²) in [7, 11) is 0. The van der Waals surface area contributed by atoms with Crippen LogP contribution >= 0.6 is 23.4 Å². The molecule has 0 aromatic rings. The van der Waals surface area contributed by atoms with Gasteiger partial charge in [-0.1, -0.05) is 0 Å². The predicted octanol–water partition coefficient (Wildman–Crippen LogP) is 1.21. The van der Waals surface area contributed by atoms with E-state index in [0.717, 1.165) is 12.4 Å². The van der Waals surface area contributed by atoms with Crippen LogP contribution in [0.4, 0.5) is 0 Å². The summed E-state index contributed by atoms with van der Waals surface area (Å²) in [6.45, 7) is 7.13. The van der Waals surface area contributed by atoms with Crippen LogP contribution in [0.1, 0.15) is 0 Å². The van der Waals surface area contributed by atoms with E-state index in [1.165, 1.54) is 38.5 Å². The molecule has 1 fully saturated rings. The maximum Gasteiger partial charge on any atom is 0.0351 e. The van der Waals surface area contributed by atoms with Crippen molar-refractivity contribution >= 4 is 23.4 Å². The van der Waals surface area contributed by atoms with Crippen LogP contribution in [-0.2, 0) is 0 Å². The first-order valence-corrected chi connectivity index (χ1v) is 6.79. The van der Waals surface area contributed by atoms with Gasteiger partial charge in [0.25, 0.3) is 0 Å². The molecule has 0 bridgehead atoms. The Kier molecular flexibility index (Phi) is 6.20. The second kappa shape index (κ2) is 6.93. The number of nitrogens with zero attached hydrogens (tertiary/aromatic N) is 2. The summed E-state index contributed by atoms with van der Waals surface area (Å²) < 4.78 is 0. The number of thioether (sulfide) groups is 1. The lowest BCUT2D eigenvalue weighted by molar-refractivity contribution is 0.144. The van der Waals surface area contributed by atoms with Crippen LogP contribution < -0.4 is 0 Å². The van der Waals surface area contributed by atoms with E-state index in [9.17, 15) is 0 Å². The van der Waals surface area contributed by atoms with E-state index in [0.29, 0.717) is 0 Å². The van der Waals surface area contributed by atoms with Crippen LogP contribution in [-0.4, -0.2) is 67.0 Å². The van der Waals surface area contributed by atoms with E-state index in [1.807, 2.05) is 11.8 Å². The Bertz CT molecular complexity index is 127. The van der Waals surface area contributed by atoms with Gasteiger partial charge in [0.15, 0.2) is 0 Å². The van der Waals surface area contributed by atoms with Gasteiger partial charge in [0.2, 0.25) is 0 Å². The molecule has 4 heteroatoms. The third-order valence-electron chi connectivity index (χ3n) is 2.48. The first kappa shape index (κ1) is 11.6. The Morgan fingerprint density at radius 2 is 1.62 bits per heavy atom. The summed E-state index contributed by atoms with van der Waals surface area (Å²) in [5, 5.41) is 0. The maximum atomic E-state index is 5.70. The van der Waals surface area contributed by atoms with Gasteiger partial charge in [0, 0.05) is 50.9 Å². The molecule has 0 radical (unpaired) electrons. The molecule has 1 aliphatic heterocycles. The quantitative estimate of drug-likeness (QED) is 0.646. The van der Waals surface area contributed by atoms with Crippen LogP contribution in [0.25, 0.3) is 0 Å². The maximum absolute atomic E-state index is 5.70. The minimum atomic E-state index is 0.769. The topological polar surface area (TPSA) is 6.48 Å². The summed E-state index contributed by atoms with van der Waals surface area (Å²) in [5.74, 6) is 2.03. The Morgan fingerprint density at radius 3 is 2.08 bits per heavy atom. The van der Waals surface area contributed by atoms with Crippen molar-refractivity contribution in [1.82, 2.24) is 9.80 Å². The molecule has 0 atom stereocenters. The van der Waals surface area contributed by atoms with Gasteiger partial charge in [0.05, 0.1) is 0 Å². The molecule has 78 valence electrons. The van der Waals surface area contributed by atoms with Gasteiger partial charge in [-0.3, -0.25) is 9.80 Å². The molecule has 0 aromatic carbocycles. The highest BCUT2D eigenvalue weighted by Gasteiger charge is 2.14. The van der Waals surface area contributed by atoms with Crippen LogP contribution in [0.5, 0.6) is 0 Å². The van der Waals surface area contributed by atoms with Crippen molar-refractivity contribution in [2.75, 3.05) is 57.2 Å². The molecular formula is C9H19ClN2S. The highest BCUT2D eigenvalue weighted by Crippen LogP contribution is 2.03. The molecule has 0 aromatic heterocycles. The summed E-state index contributed by atoms with van der Waals surface area (Å²) in [6.07, 6.45) is 2.17. The van der Waals surface area contributed by atoms with E-state index < -0.39 is 0 Å². The zero-order valence-corrected chi connectivity index (χ0v) is 9.91. The Morgan fingerprint density at radius 1 is 1.08 bits per heavy atom. The smallest absolute Gasteiger partial charge is 0.0351 e. The molecule has 1 rings (SSSR count). The average Bonchev–Trinajstić information content (AvgIpc) is 2.17. The van der Waals surface area contributed by atoms with Gasteiger partial charge in [-0.25, -0.2) is 0 Å². The standard InChI is InChI=1S/C9H19ClN2S/c1-13-9-8-12-6-4-11(3-2-10)5-7-12/h2-9H2,1H3. The largest absolute Gasteiger partial charge is 0.300 e. The van der Waals surface area contributed by atoms with E-state index in [1.54, 1.807) is 0 Å². The number of hydrogen-bond donors (Lipinski definition) is 0. The van der Waals surface area contributed by atoms with Crippen LogP contribution in [0.15, 0.2) is 0 Å². The molecule has 1 aliphatic rings. The van der Waals surface area contributed by atoms with Gasteiger partial charge in [-0.05, 0) is 6.26 Å². The molecule has 0 amide bonds. The second-order valence-electron chi connectivity index (χ2n) is 3.37. The number of rotatable bonds is 5. The lowest BCUT2D eigenvalue weighted by Crippen LogP contribution is -2.47. The highest BCUT2D eigenvalue weighted by atomic mass is 35.5. The minimum absolute atomic E-state index is 0.769. The lowest BCUT2D eigenvalue weighted by atomic mass is 10.3. The van der Waals surface area contributed by atoms with Crippen molar-refractivity contribution in [3.8, 4) is 0 Å². The Hall–Kier alpha value is 0.560. The van der Waals surface area contributed by atoms with Gasteiger partial charge in [0.1, 0.15) is 0 Å². The van der Waals surface area contributed by atoms with Crippen molar-refractivity contribution in [3.63, 3.8) is 0 Å². The number of alkyl halides is 1. The van der Waals surface area contributed by atoms with Crippen LogP contribution in [0.3, 0.4) is 0 Å². The summed E-state index contributed by atoms with van der Waals surface area (Å²) in [4.78, 5) is 4.99. The molecule has 0 aliphatic carbocycles. The highest BCUT2D eigenvalue weighted by molar-refractivity contribution is 7.98. The monoisotopic (exact) mass is 222 g/mol. The van der Waals surface area contributed by atoms with Crippen molar-refractivity contribution in [3.05, 3.63) is 0 Å². The third kappa shape index (κ3) is 4.54. The fourth-order valence-corrected chi connectivity index (χ4v) is 2.26. The van der Waals surface area contributed by atoms with Gasteiger partial charge < -0.3 is 0 Å². The zero-order chi connectivity index (χ0) is 9.52. The van der Waals surface area contributed by atoms with Crippen LogP contribution in [0.2, 0.25) is 0 Å². The first-order chi connectivity index (χ1) is 6.36. The van der Waals surface area contributed by atoms with E-state index in [-0.39, 0.29) is 0 Å². The van der Waals surface area contributed by atoms with E-state index >= 15 is 0 Å². The van der Waals surface area contributed by atoms with Crippen molar-refractivity contribution in [2.24, 2.45) is 0 Å². The SMILES string of the molecule is CSCCN1CCN(CCCl)CC1. The second-order valence-corrected chi connectivity index (χ2v) is 4.73. The summed E-state index contributed by atoms with van der Waals surface area (Å²) in [5.41, 5.74) is 0. The first-order valence-electron chi connectivity index (χ1n) is 4.86. The van der Waals surface area contributed by atoms with Crippen molar-refractivity contribution in [2.45, 2.75) is 0 Å². The van der Waals surface area contributed by atoms with Crippen molar-refractivity contribution in [1.29, 1.82) is 0 Å². The minimum Gasteiger partial charge on any atom is -0.300 e. The number of hydrogen-bond acceptors (Lipinski definition) is 3. The Balaban J connectivity index is 2.08. The molecule has 13 heavy (non-hydrogen) atoms. The summed E-state index contributed by atoms with van der Waals surface area (Å²) in [6, 6.07) is 0. The molecule has 1 heterocycles. The van der Waals surface area contributed by atoms with Crippen molar-refractivity contribution < 1.29 is 0 Å².